The standard InChI is InChI=1S/C44H42S26/c1-45-33-34(46-2)60-25(59-33)17-19(29-63-37(49-5)38(50-6)64-29)21-13-15-23(57-21)27(31-67-41(53-9)42(54-10)68-31)28(32-69-43(55-11)44(56-12)70-32)24-16-14-22(58-24)20(30-65-39(51-7)40(52-8)66-30)18-26-61-35(47-3)36(48-4)62-26/h13-18H,1-12H3. The molecule has 0 bridgehead atoms. The molecule has 0 nitrogen and oxygen atoms in total. The van der Waals surface area contributed by atoms with Crippen molar-refractivity contribution in [1.82, 2.24) is 0 Å². The highest BCUT2D eigenvalue weighted by molar-refractivity contribution is 8.44. The van der Waals surface area contributed by atoms with Crippen molar-refractivity contribution in [3.63, 3.8) is 0 Å². The summed E-state index contributed by atoms with van der Waals surface area (Å²) in [6.45, 7) is 0. The molecule has 26 heteroatoms. The Balaban J connectivity index is 1.31. The van der Waals surface area contributed by atoms with Crippen LogP contribution < -0.4 is 0 Å². The molecule has 2 aromatic heterocycles. The highest BCUT2D eigenvalue weighted by Crippen LogP contribution is 2.67. The minimum atomic E-state index is 1.32. The zero-order valence-corrected chi connectivity index (χ0v) is 60.3. The lowest BCUT2D eigenvalue weighted by Crippen LogP contribution is -1.91. The Morgan fingerprint density at radius 2 is 0.471 bits per heavy atom. The Kier molecular flexibility index (Phi) is 25.7. The molecule has 0 N–H and O–H groups in total. The van der Waals surface area contributed by atoms with Crippen LogP contribution in [0.25, 0.3) is 22.3 Å². The first-order valence-electron chi connectivity index (χ1n) is 19.8. The van der Waals surface area contributed by atoms with Crippen LogP contribution in [0, 0.1) is 0 Å². The van der Waals surface area contributed by atoms with E-state index in [0.717, 1.165) is 0 Å². The van der Waals surface area contributed by atoms with E-state index < -0.39 is 0 Å². The third-order valence-electron chi connectivity index (χ3n) is 9.34. The molecule has 8 rings (SSSR count). The van der Waals surface area contributed by atoms with Crippen molar-refractivity contribution in [1.29, 1.82) is 0 Å². The van der Waals surface area contributed by atoms with Gasteiger partial charge in [0.2, 0.25) is 0 Å². The van der Waals surface area contributed by atoms with Crippen LogP contribution in [0.4, 0.5) is 0 Å². The van der Waals surface area contributed by atoms with Crippen molar-refractivity contribution >= 4 is 327 Å². The predicted molar refractivity (Wildman–Crippen MR) is 388 cm³/mol. The number of hydrogen-bond acceptors (Lipinski definition) is 26. The molecule has 0 atom stereocenters. The lowest BCUT2D eigenvalue weighted by molar-refractivity contribution is 1.79. The van der Waals surface area contributed by atoms with E-state index in [1.54, 1.807) is 0 Å². The Bertz CT molecular complexity index is 2500. The Hall–Kier alpha value is 4.68. The summed E-state index contributed by atoms with van der Waals surface area (Å²) in [6, 6.07) is 9.75. The van der Waals surface area contributed by atoms with E-state index in [2.05, 4.69) is 111 Å². The highest BCUT2D eigenvalue weighted by atomic mass is 32.3. The highest BCUT2D eigenvalue weighted by Gasteiger charge is 2.35. The first-order valence-corrected chi connectivity index (χ1v) is 45.9. The van der Waals surface area contributed by atoms with E-state index >= 15 is 0 Å². The van der Waals surface area contributed by atoms with E-state index in [4.69, 9.17) is 0 Å². The molecular formula is C44H42S26. The number of rotatable bonds is 19. The van der Waals surface area contributed by atoms with Crippen molar-refractivity contribution in [3.05, 3.63) is 132 Å². The van der Waals surface area contributed by atoms with E-state index in [0.29, 0.717) is 0 Å². The summed E-state index contributed by atoms with van der Waals surface area (Å²) in [4.78, 5) is 5.28. The fourth-order valence-electron chi connectivity index (χ4n) is 6.29. The number of thioether (sulfide) groups is 24. The molecule has 70 heavy (non-hydrogen) atoms. The summed E-state index contributed by atoms with van der Waals surface area (Å²) in [6.07, 6.45) is 31.7. The summed E-state index contributed by atoms with van der Waals surface area (Å²) in [5.74, 6) is 0. The molecule has 0 aromatic carbocycles. The van der Waals surface area contributed by atoms with Crippen molar-refractivity contribution in [2.75, 3.05) is 75.1 Å². The minimum absolute atomic E-state index is 1.32. The van der Waals surface area contributed by atoms with Gasteiger partial charge in [-0.2, -0.15) is 0 Å². The van der Waals surface area contributed by atoms with Gasteiger partial charge in [0, 0.05) is 41.8 Å². The normalized spacial score (nSPS) is 18.9. The molecule has 0 saturated heterocycles. The number of allylic oxidation sites excluding steroid dienone is 6. The number of thiophene rings is 2. The average molecular weight is 1400 g/mol. The first kappa shape index (κ1) is 60.8. The second-order valence-corrected chi connectivity index (χ2v) is 42.1. The van der Waals surface area contributed by atoms with E-state index in [9.17, 15) is 0 Å². The van der Waals surface area contributed by atoms with Crippen LogP contribution in [0.2, 0.25) is 0 Å². The molecule has 0 fully saturated rings. The molecule has 0 spiro atoms. The van der Waals surface area contributed by atoms with Gasteiger partial charge in [-0.1, -0.05) is 141 Å². The average Bonchev–Trinajstić information content (AvgIpc) is 4.25. The predicted octanol–water partition coefficient (Wildman–Crippen LogP) is 24.9. The smallest absolute Gasteiger partial charge is 0.0657 e. The van der Waals surface area contributed by atoms with Crippen LogP contribution in [0.15, 0.2) is 113 Å². The maximum atomic E-state index is 2.50. The molecule has 0 aliphatic carbocycles. The molecule has 6 aliphatic heterocycles. The van der Waals surface area contributed by atoms with Gasteiger partial charge in [0.1, 0.15) is 0 Å². The summed E-state index contributed by atoms with van der Waals surface area (Å²) < 4.78 is 25.0. The van der Waals surface area contributed by atoms with E-state index in [-0.39, 0.29) is 0 Å². The molecule has 0 saturated carbocycles. The van der Waals surface area contributed by atoms with Crippen LogP contribution in [0.5, 0.6) is 0 Å². The zero-order valence-electron chi connectivity index (χ0n) is 39.1. The Labute approximate surface area is 526 Å². The van der Waals surface area contributed by atoms with Gasteiger partial charge in [0.15, 0.2) is 0 Å². The molecule has 2 aromatic rings. The number of hydrogen-bond donors (Lipinski definition) is 0. The van der Waals surface area contributed by atoms with Crippen LogP contribution in [0.3, 0.4) is 0 Å². The molecule has 0 amide bonds. The van der Waals surface area contributed by atoms with Crippen LogP contribution in [-0.4, -0.2) is 75.1 Å². The van der Waals surface area contributed by atoms with Gasteiger partial charge in [0.25, 0.3) is 0 Å². The van der Waals surface area contributed by atoms with Crippen LogP contribution in [0.1, 0.15) is 19.5 Å². The monoisotopic (exact) mass is 1400 g/mol. The second-order valence-electron chi connectivity index (χ2n) is 13.1. The van der Waals surface area contributed by atoms with Crippen LogP contribution >= 0.6 is 305 Å². The molecule has 374 valence electrons. The van der Waals surface area contributed by atoms with Crippen molar-refractivity contribution in [3.8, 4) is 0 Å². The van der Waals surface area contributed by atoms with Crippen LogP contribution in [-0.2, 0) is 0 Å². The summed E-state index contributed by atoms with van der Waals surface area (Å²) in [5, 5.41) is 0. The molecule has 0 radical (unpaired) electrons. The summed E-state index contributed by atoms with van der Waals surface area (Å²) in [5.41, 5.74) is 5.39. The third-order valence-corrected chi connectivity index (χ3v) is 42.7. The summed E-state index contributed by atoms with van der Waals surface area (Å²) >= 11 is 49.9. The fourth-order valence-corrected chi connectivity index (χ4v) is 39.1. The van der Waals surface area contributed by atoms with Gasteiger partial charge in [-0.25, -0.2) is 0 Å². The van der Waals surface area contributed by atoms with Gasteiger partial charge in [-0.05, 0) is 111 Å². The molecule has 0 unspecified atom stereocenters. The third kappa shape index (κ3) is 14.1. The Morgan fingerprint density at radius 3 is 0.700 bits per heavy atom. The maximum absolute atomic E-state index is 2.50. The minimum Gasteiger partial charge on any atom is -0.135 e. The zero-order chi connectivity index (χ0) is 49.6. The second kappa shape index (κ2) is 29.6. The van der Waals surface area contributed by atoms with Gasteiger partial charge >= 0.3 is 0 Å². The van der Waals surface area contributed by atoms with E-state index in [1.807, 2.05) is 305 Å². The van der Waals surface area contributed by atoms with Crippen molar-refractivity contribution in [2.24, 2.45) is 0 Å². The van der Waals surface area contributed by atoms with Gasteiger partial charge in [-0.15, -0.1) is 164 Å². The maximum Gasteiger partial charge on any atom is 0.0657 e. The van der Waals surface area contributed by atoms with Crippen molar-refractivity contribution in [2.45, 2.75) is 0 Å². The first-order chi connectivity index (χ1) is 34.1. The largest absolute Gasteiger partial charge is 0.135 e. The molecular weight excluding hydrogens is 1360 g/mol. The Morgan fingerprint density at radius 1 is 0.271 bits per heavy atom. The molecule has 8 heterocycles. The van der Waals surface area contributed by atoms with Gasteiger partial charge in [-0.3, -0.25) is 0 Å². The SMILES string of the molecule is CSC1=C(SC)SC(=CC(=C2SC(SC)=C(SC)S2)c2ccc(C(=C3SC(SC)=C(SC)S3)C(=C3SC(SC)=C(SC)S3)c3ccc(C(C=C4SC(SC)=C(SC)S4)=C4SC(SC)=C(SC)S4)s3)s2)S1. The topological polar surface area (TPSA) is 0 Å². The lowest BCUT2D eigenvalue weighted by Gasteiger charge is -2.16. The van der Waals surface area contributed by atoms with Crippen molar-refractivity contribution < 1.29 is 0 Å². The quantitative estimate of drug-likeness (QED) is 0.131. The molecule has 6 aliphatic rings. The van der Waals surface area contributed by atoms with Gasteiger partial charge < -0.3 is 0 Å². The van der Waals surface area contributed by atoms with E-state index in [1.165, 1.54) is 118 Å². The fraction of sp³-hybridized carbons (Fsp3) is 0.273. The van der Waals surface area contributed by atoms with Gasteiger partial charge in [0.05, 0.1) is 76.3 Å². The summed E-state index contributed by atoms with van der Waals surface area (Å²) in [7, 11) is 0. The lowest BCUT2D eigenvalue weighted by atomic mass is 10.1.